The van der Waals surface area contributed by atoms with Gasteiger partial charge in [0.2, 0.25) is 5.91 Å². The van der Waals surface area contributed by atoms with Gasteiger partial charge in [0.25, 0.3) is 11.8 Å². The van der Waals surface area contributed by atoms with Crippen LogP contribution in [0.5, 0.6) is 0 Å². The number of piperidine rings is 1. The fourth-order valence-corrected chi connectivity index (χ4v) is 3.12. The summed E-state index contributed by atoms with van der Waals surface area (Å²) in [7, 11) is 0. The van der Waals surface area contributed by atoms with E-state index in [1.165, 1.54) is 6.42 Å². The molecule has 0 aromatic rings. The number of hydrogen-bond acceptors (Lipinski definition) is 6. The van der Waals surface area contributed by atoms with Crippen LogP contribution in [-0.2, 0) is 24.0 Å². The number of nitrogens with zero attached hydrogens (tertiary/aromatic N) is 2. The van der Waals surface area contributed by atoms with Crippen molar-refractivity contribution in [3.8, 4) is 0 Å². The Kier molecular flexibility index (Phi) is 6.30. The number of hydrogen-bond donors (Lipinski definition) is 1. The number of imide groups is 1. The molecule has 3 amide bonds. The van der Waals surface area contributed by atoms with E-state index in [4.69, 9.17) is 4.84 Å². The second-order valence-corrected chi connectivity index (χ2v) is 6.45. The van der Waals surface area contributed by atoms with E-state index < -0.39 is 17.8 Å². The van der Waals surface area contributed by atoms with Gasteiger partial charge >= 0.3 is 5.97 Å². The third-order valence-electron chi connectivity index (χ3n) is 4.55. The first-order valence-corrected chi connectivity index (χ1v) is 8.47. The van der Waals surface area contributed by atoms with Gasteiger partial charge in [-0.3, -0.25) is 19.3 Å². The quantitative estimate of drug-likeness (QED) is 0.425. The van der Waals surface area contributed by atoms with E-state index in [1.807, 2.05) is 0 Å². The van der Waals surface area contributed by atoms with E-state index >= 15 is 0 Å². The Morgan fingerprint density at radius 2 is 1.71 bits per heavy atom. The van der Waals surface area contributed by atoms with Crippen molar-refractivity contribution in [2.24, 2.45) is 0 Å². The van der Waals surface area contributed by atoms with Crippen LogP contribution in [0.2, 0.25) is 0 Å². The van der Waals surface area contributed by atoms with E-state index in [0.29, 0.717) is 23.7 Å². The van der Waals surface area contributed by atoms with Crippen LogP contribution in [0.3, 0.4) is 0 Å². The monoisotopic (exact) mass is 343 g/mol. The van der Waals surface area contributed by atoms with Gasteiger partial charge in [0.1, 0.15) is 0 Å². The molecule has 8 nitrogen and oxygen atoms in total. The lowest BCUT2D eigenvalue weighted by Gasteiger charge is -2.38. The molecule has 0 radical (unpaired) electrons. The number of likely N-dealkylation sites (tertiary alicyclic amines) is 1. The number of rotatable bonds is 6. The van der Waals surface area contributed by atoms with Crippen LogP contribution in [0.25, 0.3) is 0 Å². The van der Waals surface area contributed by atoms with Crippen molar-refractivity contribution in [3.63, 3.8) is 0 Å². The first kappa shape index (κ1) is 18.4. The predicted molar refractivity (Wildman–Crippen MR) is 84.3 cm³/mol. The van der Waals surface area contributed by atoms with Gasteiger partial charge in [-0.1, -0.05) is 6.42 Å². The van der Waals surface area contributed by atoms with Gasteiger partial charge in [-0.15, -0.1) is 5.06 Å². The molecule has 24 heavy (non-hydrogen) atoms. The highest BCUT2D eigenvalue weighted by atomic mass is 16.7. The number of carbonyl (C=O) groups excluding carboxylic acids is 4. The molecule has 0 aromatic carbocycles. The maximum absolute atomic E-state index is 12.0. The van der Waals surface area contributed by atoms with Crippen molar-refractivity contribution in [2.45, 2.75) is 64.5 Å². The first-order chi connectivity index (χ1) is 11.4. The molecule has 0 unspecified atom stereocenters. The molecular formula is C16H25N3O5. The molecular weight excluding hydrogens is 318 g/mol. The normalized spacial score (nSPS) is 25.0. The van der Waals surface area contributed by atoms with Crippen molar-refractivity contribution in [1.82, 2.24) is 15.3 Å². The molecule has 8 heteroatoms. The molecule has 2 aliphatic heterocycles. The molecule has 2 heterocycles. The summed E-state index contributed by atoms with van der Waals surface area (Å²) in [6.45, 7) is 4.65. The highest BCUT2D eigenvalue weighted by molar-refractivity contribution is 6.01. The second-order valence-electron chi connectivity index (χ2n) is 6.45. The van der Waals surface area contributed by atoms with E-state index in [9.17, 15) is 19.2 Å². The zero-order valence-corrected chi connectivity index (χ0v) is 14.2. The van der Waals surface area contributed by atoms with Crippen LogP contribution in [0.1, 0.15) is 52.4 Å². The average Bonchev–Trinajstić information content (AvgIpc) is 2.83. The van der Waals surface area contributed by atoms with E-state index in [1.54, 1.807) is 0 Å². The maximum Gasteiger partial charge on any atom is 0.334 e. The van der Waals surface area contributed by atoms with E-state index in [0.717, 1.165) is 12.8 Å². The third-order valence-corrected chi connectivity index (χ3v) is 4.55. The smallest absolute Gasteiger partial charge is 0.334 e. The van der Waals surface area contributed by atoms with Crippen molar-refractivity contribution in [2.75, 3.05) is 13.1 Å². The summed E-state index contributed by atoms with van der Waals surface area (Å²) >= 11 is 0. The molecule has 2 aliphatic rings. The lowest BCUT2D eigenvalue weighted by molar-refractivity contribution is -0.197. The minimum atomic E-state index is -0.710. The van der Waals surface area contributed by atoms with Gasteiger partial charge < -0.3 is 10.2 Å². The van der Waals surface area contributed by atoms with Gasteiger partial charge in [0.05, 0.1) is 13.0 Å². The standard InChI is InChI=1S/C16H25N3O5/c1-11-4-3-5-12(2)18(11)10-13(20)17-9-8-16(23)24-19-14(21)6-7-15(19)22/h11-12H,3-10H2,1-2H3,(H,17,20)/t11-,12+/i1+1,10+1,13+1,17+1/m0/s1. The summed E-state index contributed by atoms with van der Waals surface area (Å²) in [5, 5.41) is 3.19. The average molecular weight is 343 g/mol. The minimum absolute atomic E-state index is 0.0645. The van der Waals surface area contributed by atoms with Crippen LogP contribution < -0.4 is 5.32 Å². The summed E-state index contributed by atoms with van der Waals surface area (Å²) in [6.07, 6.45) is 3.39. The van der Waals surface area contributed by atoms with Crippen LogP contribution >= 0.6 is 0 Å². The second kappa shape index (κ2) is 8.23. The van der Waals surface area contributed by atoms with Crippen LogP contribution in [0, 0.1) is 0 Å². The van der Waals surface area contributed by atoms with Crippen molar-refractivity contribution < 1.29 is 24.0 Å². The summed E-state index contributed by atoms with van der Waals surface area (Å²) < 4.78 is 0. The van der Waals surface area contributed by atoms with Crippen molar-refractivity contribution >= 4 is 23.7 Å². The molecule has 0 bridgehead atoms. The summed E-state index contributed by atoms with van der Waals surface area (Å²) in [5.41, 5.74) is 0. The molecule has 2 atom stereocenters. The largest absolute Gasteiger partial charge is 0.354 e. The number of amides is 3. The highest BCUT2D eigenvalue weighted by Gasteiger charge is 2.32. The van der Waals surface area contributed by atoms with Gasteiger partial charge in [-0.05, 0) is 26.7 Å². The Morgan fingerprint density at radius 1 is 1.12 bits per heavy atom. The molecule has 1 N–H and O–H groups in total. The fourth-order valence-electron chi connectivity index (χ4n) is 3.12. The topological polar surface area (TPSA) is 96.0 Å². The Balaban J connectivity index is 1.67. The maximum atomic E-state index is 12.0. The summed E-state index contributed by atoms with van der Waals surface area (Å²) in [6, 6.07) is 0.744. The lowest BCUT2D eigenvalue weighted by Crippen LogP contribution is -2.48. The van der Waals surface area contributed by atoms with Crippen LogP contribution in [0.15, 0.2) is 0 Å². The summed E-state index contributed by atoms with van der Waals surface area (Å²) in [4.78, 5) is 53.2. The number of hydroxylamine groups is 2. The first-order valence-electron chi connectivity index (χ1n) is 8.47. The van der Waals surface area contributed by atoms with Gasteiger partial charge in [-0.2, -0.15) is 0 Å². The van der Waals surface area contributed by atoms with E-state index in [-0.39, 0.29) is 31.7 Å². The zero-order chi connectivity index (χ0) is 17.7. The van der Waals surface area contributed by atoms with Gasteiger partial charge in [0.15, 0.2) is 0 Å². The lowest BCUT2D eigenvalue weighted by atomic mass is 10.0. The fraction of sp³-hybridized carbons (Fsp3) is 0.750. The molecule has 134 valence electrons. The highest BCUT2D eigenvalue weighted by Crippen LogP contribution is 2.21. The third kappa shape index (κ3) is 4.77. The minimum Gasteiger partial charge on any atom is -0.354 e. The molecule has 2 rings (SSSR count). The number of nitrogens with one attached hydrogen (secondary N) is 1. The Hall–Kier alpha value is -1.96. The molecule has 0 aliphatic carbocycles. The van der Waals surface area contributed by atoms with Gasteiger partial charge in [-0.25, -0.2) is 4.79 Å². The molecule has 0 spiro atoms. The molecule has 2 saturated heterocycles. The van der Waals surface area contributed by atoms with E-state index in [2.05, 4.69) is 24.1 Å². The summed E-state index contributed by atoms with van der Waals surface area (Å²) in [5.74, 6) is -1.87. The SMILES string of the molecule is C[C@@H]1CCC[C@H]([13CH3])N1[13CH2][13C](=O)[15NH]CCC(=O)ON1C(=O)CCC1=O. The molecule has 0 aromatic heterocycles. The van der Waals surface area contributed by atoms with Crippen molar-refractivity contribution in [1.29, 1.82) is 0 Å². The van der Waals surface area contributed by atoms with Crippen LogP contribution in [0.4, 0.5) is 0 Å². The molecule has 0 saturated carbocycles. The predicted octanol–water partition coefficient (Wildman–Crippen LogP) is 0.363. The Labute approximate surface area is 141 Å². The zero-order valence-electron chi connectivity index (χ0n) is 14.2. The van der Waals surface area contributed by atoms with Crippen LogP contribution in [-0.4, -0.2) is 58.8 Å². The number of carbonyl (C=O) groups is 4. The Morgan fingerprint density at radius 3 is 2.29 bits per heavy atom. The molecule has 2 fully saturated rings. The Bertz CT molecular complexity index is 496. The van der Waals surface area contributed by atoms with Crippen molar-refractivity contribution in [3.05, 3.63) is 0 Å². The van der Waals surface area contributed by atoms with Gasteiger partial charge in [0, 0.05) is 31.5 Å².